The molecule has 0 aromatic heterocycles. The van der Waals surface area contributed by atoms with E-state index in [2.05, 4.69) is 134 Å². The molecule has 0 fully saturated rings. The second-order valence-electron chi connectivity index (χ2n) is 11.4. The molecule has 8 aromatic carbocycles. The zero-order valence-electron chi connectivity index (χ0n) is 23.5. The number of rotatable bonds is 6. The summed E-state index contributed by atoms with van der Waals surface area (Å²) in [6.07, 6.45) is 4.71. The van der Waals surface area contributed by atoms with Crippen LogP contribution in [-0.4, -0.2) is 0 Å². The molecule has 0 atom stereocenters. The summed E-state index contributed by atoms with van der Waals surface area (Å²) < 4.78 is 0. The van der Waals surface area contributed by atoms with Gasteiger partial charge in [0.05, 0.1) is 0 Å². The van der Waals surface area contributed by atoms with Crippen LogP contribution in [0.15, 0.2) is 127 Å². The van der Waals surface area contributed by atoms with Crippen molar-refractivity contribution >= 4 is 53.9 Å². The van der Waals surface area contributed by atoms with Gasteiger partial charge in [-0.05, 0) is 94.5 Å². The molecular weight excluding hydrogens is 492 g/mol. The second-order valence-corrected chi connectivity index (χ2v) is 11.4. The first kappa shape index (κ1) is 24.1. The standard InChI is InChI=1S/C41H32/c1-2-3-4-20-35-36-25-23-29-16-9-17-30-24-26-37(40(36)38(29)30)41(34-22-11-15-28-13-6-8-19-32(28)34)39(35)33-21-10-14-27-12-5-7-18-31(27)33/h5-19,21-26H,2-4,20H2,1H3. The van der Waals surface area contributed by atoms with E-state index >= 15 is 0 Å². The Kier molecular flexibility index (Phi) is 5.74. The van der Waals surface area contributed by atoms with E-state index in [1.807, 2.05) is 0 Å². The molecule has 41 heavy (non-hydrogen) atoms. The van der Waals surface area contributed by atoms with Crippen molar-refractivity contribution in [3.05, 3.63) is 133 Å². The molecule has 0 nitrogen and oxygen atoms in total. The van der Waals surface area contributed by atoms with E-state index in [0.717, 1.165) is 6.42 Å². The monoisotopic (exact) mass is 524 g/mol. The highest BCUT2D eigenvalue weighted by Crippen LogP contribution is 2.50. The van der Waals surface area contributed by atoms with Gasteiger partial charge >= 0.3 is 0 Å². The zero-order chi connectivity index (χ0) is 27.3. The van der Waals surface area contributed by atoms with Crippen LogP contribution < -0.4 is 0 Å². The van der Waals surface area contributed by atoms with Crippen LogP contribution in [0.1, 0.15) is 31.7 Å². The van der Waals surface area contributed by atoms with Gasteiger partial charge in [-0.3, -0.25) is 0 Å². The highest BCUT2D eigenvalue weighted by Gasteiger charge is 2.24. The molecule has 0 radical (unpaired) electrons. The van der Waals surface area contributed by atoms with E-state index in [4.69, 9.17) is 0 Å². The average molecular weight is 525 g/mol. The fraction of sp³-hybridized carbons (Fsp3) is 0.122. The summed E-state index contributed by atoms with van der Waals surface area (Å²) in [5, 5.41) is 13.4. The van der Waals surface area contributed by atoms with Gasteiger partial charge in [-0.15, -0.1) is 0 Å². The lowest BCUT2D eigenvalue weighted by atomic mass is 9.78. The molecule has 0 aliphatic carbocycles. The number of unbranched alkanes of at least 4 members (excludes halogenated alkanes) is 2. The topological polar surface area (TPSA) is 0 Å². The lowest BCUT2D eigenvalue weighted by Gasteiger charge is -2.25. The van der Waals surface area contributed by atoms with E-state index in [1.165, 1.54) is 101 Å². The summed E-state index contributed by atoms with van der Waals surface area (Å²) >= 11 is 0. The van der Waals surface area contributed by atoms with Crippen LogP contribution in [0.4, 0.5) is 0 Å². The third-order valence-electron chi connectivity index (χ3n) is 9.07. The molecular formula is C41H32. The first-order valence-corrected chi connectivity index (χ1v) is 15.0. The maximum atomic E-state index is 2.41. The Morgan fingerprint density at radius 2 is 0.927 bits per heavy atom. The summed E-state index contributed by atoms with van der Waals surface area (Å²) in [6.45, 7) is 2.30. The molecule has 0 heterocycles. The van der Waals surface area contributed by atoms with Crippen LogP contribution in [0, 0.1) is 0 Å². The Morgan fingerprint density at radius 3 is 1.59 bits per heavy atom. The third-order valence-corrected chi connectivity index (χ3v) is 9.07. The summed E-state index contributed by atoms with van der Waals surface area (Å²) in [7, 11) is 0. The van der Waals surface area contributed by atoms with Gasteiger partial charge in [-0.25, -0.2) is 0 Å². The normalized spacial score (nSPS) is 11.9. The highest BCUT2D eigenvalue weighted by atomic mass is 14.3. The fourth-order valence-electron chi connectivity index (χ4n) is 7.24. The molecule has 8 rings (SSSR count). The first-order chi connectivity index (χ1) is 20.3. The molecule has 0 heteroatoms. The number of fused-ring (bicyclic) bond motifs is 2. The fourth-order valence-corrected chi connectivity index (χ4v) is 7.24. The van der Waals surface area contributed by atoms with Gasteiger partial charge in [0.1, 0.15) is 0 Å². The minimum Gasteiger partial charge on any atom is -0.0654 e. The van der Waals surface area contributed by atoms with E-state index in [0.29, 0.717) is 0 Å². The predicted molar refractivity (Wildman–Crippen MR) is 179 cm³/mol. The second kappa shape index (κ2) is 9.75. The van der Waals surface area contributed by atoms with Crippen molar-refractivity contribution in [3.8, 4) is 22.3 Å². The van der Waals surface area contributed by atoms with Crippen molar-refractivity contribution in [2.45, 2.75) is 32.6 Å². The van der Waals surface area contributed by atoms with Gasteiger partial charge in [0.15, 0.2) is 0 Å². The largest absolute Gasteiger partial charge is 0.0654 e. The average Bonchev–Trinajstić information content (AvgIpc) is 3.03. The van der Waals surface area contributed by atoms with Gasteiger partial charge in [0.2, 0.25) is 0 Å². The van der Waals surface area contributed by atoms with Crippen LogP contribution in [-0.2, 0) is 6.42 Å². The van der Waals surface area contributed by atoms with Gasteiger partial charge in [-0.1, -0.05) is 147 Å². The lowest BCUT2D eigenvalue weighted by molar-refractivity contribution is 0.720. The molecule has 8 aromatic rings. The summed E-state index contributed by atoms with van der Waals surface area (Å²) in [5.74, 6) is 0. The van der Waals surface area contributed by atoms with E-state index in [-0.39, 0.29) is 0 Å². The van der Waals surface area contributed by atoms with Crippen LogP contribution in [0.2, 0.25) is 0 Å². The number of hydrogen-bond donors (Lipinski definition) is 0. The van der Waals surface area contributed by atoms with Crippen molar-refractivity contribution in [1.82, 2.24) is 0 Å². The number of aryl methyl sites for hydroxylation is 1. The van der Waals surface area contributed by atoms with Gasteiger partial charge in [-0.2, -0.15) is 0 Å². The molecule has 0 saturated heterocycles. The Balaban J connectivity index is 1.63. The number of hydrogen-bond acceptors (Lipinski definition) is 0. The smallest absolute Gasteiger partial charge is 0.00169 e. The molecule has 0 saturated carbocycles. The van der Waals surface area contributed by atoms with E-state index in [1.54, 1.807) is 0 Å². The molecule has 0 aliphatic rings. The Bertz CT molecular complexity index is 2190. The third kappa shape index (κ3) is 3.75. The van der Waals surface area contributed by atoms with Gasteiger partial charge in [0, 0.05) is 0 Å². The zero-order valence-corrected chi connectivity index (χ0v) is 23.5. The van der Waals surface area contributed by atoms with Crippen LogP contribution in [0.3, 0.4) is 0 Å². The maximum Gasteiger partial charge on any atom is -0.00169 e. The molecule has 0 spiro atoms. The molecule has 0 amide bonds. The SMILES string of the molecule is CCCCCc1c(-c2cccc3ccccc23)c(-c2cccc3ccccc23)c2ccc3cccc4ccc1c2c43. The van der Waals surface area contributed by atoms with Crippen molar-refractivity contribution in [2.75, 3.05) is 0 Å². The van der Waals surface area contributed by atoms with E-state index in [9.17, 15) is 0 Å². The van der Waals surface area contributed by atoms with Crippen molar-refractivity contribution < 1.29 is 0 Å². The van der Waals surface area contributed by atoms with Crippen molar-refractivity contribution in [2.24, 2.45) is 0 Å². The molecule has 196 valence electrons. The molecule has 0 bridgehead atoms. The van der Waals surface area contributed by atoms with Crippen molar-refractivity contribution in [3.63, 3.8) is 0 Å². The maximum absolute atomic E-state index is 2.41. The predicted octanol–water partition coefficient (Wildman–Crippen LogP) is 12.0. The number of benzene rings is 8. The Morgan fingerprint density at radius 1 is 0.390 bits per heavy atom. The quantitative estimate of drug-likeness (QED) is 0.150. The Hall–Kier alpha value is -4.68. The summed E-state index contributed by atoms with van der Waals surface area (Å²) in [4.78, 5) is 0. The Labute approximate surface area is 241 Å². The van der Waals surface area contributed by atoms with Crippen LogP contribution in [0.25, 0.3) is 76.1 Å². The first-order valence-electron chi connectivity index (χ1n) is 15.0. The van der Waals surface area contributed by atoms with Gasteiger partial charge < -0.3 is 0 Å². The van der Waals surface area contributed by atoms with Crippen LogP contribution >= 0.6 is 0 Å². The minimum absolute atomic E-state index is 1.07. The van der Waals surface area contributed by atoms with E-state index < -0.39 is 0 Å². The van der Waals surface area contributed by atoms with Gasteiger partial charge in [0.25, 0.3) is 0 Å². The summed E-state index contributed by atoms with van der Waals surface area (Å²) in [5.41, 5.74) is 6.92. The molecule has 0 aliphatic heterocycles. The highest BCUT2D eigenvalue weighted by molar-refractivity contribution is 6.29. The van der Waals surface area contributed by atoms with Crippen molar-refractivity contribution in [1.29, 1.82) is 0 Å². The molecule has 0 unspecified atom stereocenters. The van der Waals surface area contributed by atoms with Crippen LogP contribution in [0.5, 0.6) is 0 Å². The lowest BCUT2D eigenvalue weighted by Crippen LogP contribution is -2.00. The summed E-state index contributed by atoms with van der Waals surface area (Å²) in [6, 6.07) is 47.7. The molecule has 0 N–H and O–H groups in total. The minimum atomic E-state index is 1.07.